The standard InChI is InChI=1S/C14H19N3/c1-9-6-7-11-13(10(9)2)17(3)14(16-11)12-5-4-8-15-12/h6-7,12,15H,4-5,8H2,1-3H3. The zero-order valence-electron chi connectivity index (χ0n) is 10.7. The molecule has 1 saturated heterocycles. The molecule has 1 atom stereocenters. The van der Waals surface area contributed by atoms with Crippen molar-refractivity contribution in [1.29, 1.82) is 0 Å². The Morgan fingerprint density at radius 2 is 2.18 bits per heavy atom. The maximum Gasteiger partial charge on any atom is 0.126 e. The van der Waals surface area contributed by atoms with Gasteiger partial charge in [0.05, 0.1) is 17.1 Å². The molecule has 1 fully saturated rings. The zero-order chi connectivity index (χ0) is 12.0. The molecule has 1 aromatic carbocycles. The second kappa shape index (κ2) is 3.84. The SMILES string of the molecule is Cc1ccc2nc(C3CCCN3)n(C)c2c1C. The summed E-state index contributed by atoms with van der Waals surface area (Å²) in [6, 6.07) is 4.74. The third-order valence-electron chi connectivity index (χ3n) is 3.97. The molecule has 2 heterocycles. The summed E-state index contributed by atoms with van der Waals surface area (Å²) in [5.41, 5.74) is 5.10. The lowest BCUT2D eigenvalue weighted by Gasteiger charge is -2.10. The summed E-state index contributed by atoms with van der Waals surface area (Å²) < 4.78 is 2.26. The lowest BCUT2D eigenvalue weighted by Crippen LogP contribution is -2.16. The van der Waals surface area contributed by atoms with E-state index in [4.69, 9.17) is 4.98 Å². The fourth-order valence-electron chi connectivity index (χ4n) is 2.83. The van der Waals surface area contributed by atoms with Crippen LogP contribution in [0.1, 0.15) is 35.8 Å². The Hall–Kier alpha value is -1.35. The van der Waals surface area contributed by atoms with Gasteiger partial charge in [-0.25, -0.2) is 4.98 Å². The van der Waals surface area contributed by atoms with E-state index in [1.165, 1.54) is 35.3 Å². The van der Waals surface area contributed by atoms with Gasteiger partial charge in [-0.2, -0.15) is 0 Å². The number of aromatic nitrogens is 2. The van der Waals surface area contributed by atoms with Crippen LogP contribution in [-0.2, 0) is 7.05 Å². The van der Waals surface area contributed by atoms with Crippen molar-refractivity contribution in [2.24, 2.45) is 7.05 Å². The Balaban J connectivity index is 2.21. The second-order valence-electron chi connectivity index (χ2n) is 5.05. The van der Waals surface area contributed by atoms with Crippen molar-refractivity contribution in [3.05, 3.63) is 29.1 Å². The molecule has 3 nitrogen and oxygen atoms in total. The monoisotopic (exact) mass is 229 g/mol. The Labute approximate surface area is 102 Å². The van der Waals surface area contributed by atoms with E-state index >= 15 is 0 Å². The van der Waals surface area contributed by atoms with Gasteiger partial charge in [-0.3, -0.25) is 0 Å². The first-order valence-electron chi connectivity index (χ1n) is 6.34. The van der Waals surface area contributed by atoms with Crippen LogP contribution in [-0.4, -0.2) is 16.1 Å². The van der Waals surface area contributed by atoms with Gasteiger partial charge in [-0.05, 0) is 50.4 Å². The molecular weight excluding hydrogens is 210 g/mol. The molecule has 1 aromatic heterocycles. The minimum absolute atomic E-state index is 0.437. The second-order valence-corrected chi connectivity index (χ2v) is 5.05. The van der Waals surface area contributed by atoms with Gasteiger partial charge in [-0.1, -0.05) is 6.07 Å². The predicted molar refractivity (Wildman–Crippen MR) is 70.2 cm³/mol. The molecule has 1 aliphatic rings. The van der Waals surface area contributed by atoms with Crippen LogP contribution in [0.5, 0.6) is 0 Å². The Morgan fingerprint density at radius 3 is 2.88 bits per heavy atom. The average Bonchev–Trinajstić information content (AvgIpc) is 2.91. The molecule has 0 spiro atoms. The molecule has 0 radical (unpaired) electrons. The summed E-state index contributed by atoms with van der Waals surface area (Å²) in [4.78, 5) is 4.80. The first-order valence-corrected chi connectivity index (χ1v) is 6.34. The predicted octanol–water partition coefficient (Wildman–Crippen LogP) is 2.61. The zero-order valence-corrected chi connectivity index (χ0v) is 10.7. The van der Waals surface area contributed by atoms with Gasteiger partial charge in [0.2, 0.25) is 0 Å². The summed E-state index contributed by atoms with van der Waals surface area (Å²) in [7, 11) is 2.14. The fourth-order valence-corrected chi connectivity index (χ4v) is 2.83. The molecular formula is C14H19N3. The summed E-state index contributed by atoms with van der Waals surface area (Å²) in [5, 5.41) is 3.53. The lowest BCUT2D eigenvalue weighted by molar-refractivity contribution is 0.584. The number of nitrogens with one attached hydrogen (secondary N) is 1. The van der Waals surface area contributed by atoms with Crippen LogP contribution in [0, 0.1) is 13.8 Å². The first kappa shape index (κ1) is 10.8. The van der Waals surface area contributed by atoms with E-state index in [1.54, 1.807) is 0 Å². The number of rotatable bonds is 1. The molecule has 3 rings (SSSR count). The van der Waals surface area contributed by atoms with E-state index in [9.17, 15) is 0 Å². The highest BCUT2D eigenvalue weighted by Crippen LogP contribution is 2.28. The molecule has 90 valence electrons. The molecule has 0 bridgehead atoms. The third-order valence-corrected chi connectivity index (χ3v) is 3.97. The van der Waals surface area contributed by atoms with E-state index in [1.807, 2.05) is 0 Å². The highest BCUT2D eigenvalue weighted by Gasteiger charge is 2.22. The van der Waals surface area contributed by atoms with Crippen molar-refractivity contribution >= 4 is 11.0 Å². The van der Waals surface area contributed by atoms with Crippen molar-refractivity contribution in [3.8, 4) is 0 Å². The van der Waals surface area contributed by atoms with Gasteiger partial charge in [0.15, 0.2) is 0 Å². The molecule has 0 aliphatic carbocycles. The molecule has 0 amide bonds. The first-order chi connectivity index (χ1) is 8.18. The van der Waals surface area contributed by atoms with Gasteiger partial charge in [0, 0.05) is 7.05 Å². The molecule has 2 aromatic rings. The van der Waals surface area contributed by atoms with Crippen LogP contribution in [0.3, 0.4) is 0 Å². The lowest BCUT2D eigenvalue weighted by atomic mass is 10.1. The number of benzene rings is 1. The Bertz CT molecular complexity index is 562. The largest absolute Gasteiger partial charge is 0.330 e. The van der Waals surface area contributed by atoms with Crippen LogP contribution < -0.4 is 5.32 Å². The maximum absolute atomic E-state index is 4.80. The van der Waals surface area contributed by atoms with E-state index < -0.39 is 0 Å². The van der Waals surface area contributed by atoms with Gasteiger partial charge in [0.1, 0.15) is 5.82 Å². The van der Waals surface area contributed by atoms with Crippen molar-refractivity contribution in [2.75, 3.05) is 6.54 Å². The third kappa shape index (κ3) is 1.57. The van der Waals surface area contributed by atoms with Gasteiger partial charge in [-0.15, -0.1) is 0 Å². The number of imidazole rings is 1. The number of hydrogen-bond donors (Lipinski definition) is 1. The molecule has 1 aliphatic heterocycles. The normalized spacial score (nSPS) is 20.3. The summed E-state index contributed by atoms with van der Waals surface area (Å²) in [6.45, 7) is 5.46. The highest BCUT2D eigenvalue weighted by molar-refractivity contribution is 5.80. The minimum atomic E-state index is 0.437. The quantitative estimate of drug-likeness (QED) is 0.814. The molecule has 1 N–H and O–H groups in total. The summed E-state index contributed by atoms with van der Waals surface area (Å²) in [6.07, 6.45) is 2.46. The topological polar surface area (TPSA) is 29.9 Å². The van der Waals surface area contributed by atoms with Crippen LogP contribution in [0.15, 0.2) is 12.1 Å². The molecule has 3 heteroatoms. The van der Waals surface area contributed by atoms with Crippen molar-refractivity contribution in [2.45, 2.75) is 32.7 Å². The minimum Gasteiger partial charge on any atom is -0.330 e. The van der Waals surface area contributed by atoms with Crippen LogP contribution in [0.4, 0.5) is 0 Å². The number of fused-ring (bicyclic) bond motifs is 1. The van der Waals surface area contributed by atoms with Gasteiger partial charge >= 0.3 is 0 Å². The smallest absolute Gasteiger partial charge is 0.126 e. The van der Waals surface area contributed by atoms with Crippen LogP contribution in [0.2, 0.25) is 0 Å². The van der Waals surface area contributed by atoms with E-state index in [0.29, 0.717) is 6.04 Å². The highest BCUT2D eigenvalue weighted by atomic mass is 15.1. The van der Waals surface area contributed by atoms with Crippen LogP contribution in [0.25, 0.3) is 11.0 Å². The number of aryl methyl sites for hydroxylation is 3. The number of hydrogen-bond acceptors (Lipinski definition) is 2. The summed E-state index contributed by atoms with van der Waals surface area (Å²) >= 11 is 0. The van der Waals surface area contributed by atoms with Gasteiger partial charge in [0.25, 0.3) is 0 Å². The average molecular weight is 229 g/mol. The molecule has 1 unspecified atom stereocenters. The molecule has 17 heavy (non-hydrogen) atoms. The van der Waals surface area contributed by atoms with Crippen molar-refractivity contribution in [1.82, 2.24) is 14.9 Å². The Morgan fingerprint density at radius 1 is 1.35 bits per heavy atom. The van der Waals surface area contributed by atoms with Crippen molar-refractivity contribution in [3.63, 3.8) is 0 Å². The fraction of sp³-hybridized carbons (Fsp3) is 0.500. The van der Waals surface area contributed by atoms with E-state index in [-0.39, 0.29) is 0 Å². The summed E-state index contributed by atoms with van der Waals surface area (Å²) in [5.74, 6) is 1.19. The van der Waals surface area contributed by atoms with Crippen molar-refractivity contribution < 1.29 is 0 Å². The van der Waals surface area contributed by atoms with Gasteiger partial charge < -0.3 is 9.88 Å². The van der Waals surface area contributed by atoms with E-state index in [2.05, 4.69) is 42.9 Å². The maximum atomic E-state index is 4.80. The van der Waals surface area contributed by atoms with Crippen LogP contribution >= 0.6 is 0 Å². The number of nitrogens with zero attached hydrogens (tertiary/aromatic N) is 2. The molecule has 0 saturated carbocycles. The van der Waals surface area contributed by atoms with E-state index in [0.717, 1.165) is 12.1 Å². The Kier molecular flexibility index (Phi) is 2.44.